The maximum Gasteiger partial charge on any atom is 0.220 e. The second kappa shape index (κ2) is 10.6. The van der Waals surface area contributed by atoms with Crippen molar-refractivity contribution in [2.75, 3.05) is 19.6 Å². The molecule has 5 nitrogen and oxygen atoms in total. The van der Waals surface area contributed by atoms with Crippen LogP contribution in [0.4, 0.5) is 0 Å². The zero-order valence-corrected chi connectivity index (χ0v) is 15.6. The molecule has 2 unspecified atom stereocenters. The molecule has 2 atom stereocenters. The Hall–Kier alpha value is -1.26. The van der Waals surface area contributed by atoms with E-state index in [0.29, 0.717) is 19.0 Å². The predicted molar refractivity (Wildman–Crippen MR) is 100 cm³/mol. The molecule has 0 bridgehead atoms. The molecule has 0 saturated heterocycles. The van der Waals surface area contributed by atoms with Gasteiger partial charge in [-0.15, -0.1) is 0 Å². The summed E-state index contributed by atoms with van der Waals surface area (Å²) >= 11 is 0. The lowest BCUT2D eigenvalue weighted by molar-refractivity contribution is -0.121. The van der Waals surface area contributed by atoms with Gasteiger partial charge < -0.3 is 16.0 Å². The van der Waals surface area contributed by atoms with Gasteiger partial charge in [0.15, 0.2) is 5.96 Å². The van der Waals surface area contributed by atoms with Crippen molar-refractivity contribution < 1.29 is 4.79 Å². The summed E-state index contributed by atoms with van der Waals surface area (Å²) < 4.78 is 0. The highest BCUT2D eigenvalue weighted by molar-refractivity contribution is 5.79. The number of guanidine groups is 1. The van der Waals surface area contributed by atoms with E-state index < -0.39 is 0 Å². The topological polar surface area (TPSA) is 65.5 Å². The predicted octanol–water partition coefficient (Wildman–Crippen LogP) is 2.82. The van der Waals surface area contributed by atoms with Gasteiger partial charge in [0, 0.05) is 32.1 Å². The Morgan fingerprint density at radius 2 is 2.00 bits per heavy atom. The number of hydrogen-bond donors (Lipinski definition) is 3. The van der Waals surface area contributed by atoms with Gasteiger partial charge in [-0.25, -0.2) is 0 Å². The number of hydrogen-bond acceptors (Lipinski definition) is 2. The van der Waals surface area contributed by atoms with E-state index in [1.165, 1.54) is 32.1 Å². The van der Waals surface area contributed by atoms with Crippen molar-refractivity contribution in [3.63, 3.8) is 0 Å². The maximum absolute atomic E-state index is 11.6. The summed E-state index contributed by atoms with van der Waals surface area (Å²) in [5.41, 5.74) is 0. The Balaban J connectivity index is 1.59. The van der Waals surface area contributed by atoms with Gasteiger partial charge in [0.2, 0.25) is 5.91 Å². The monoisotopic (exact) mass is 336 g/mol. The molecule has 2 aliphatic carbocycles. The van der Waals surface area contributed by atoms with E-state index >= 15 is 0 Å². The quantitative estimate of drug-likeness (QED) is 0.345. The summed E-state index contributed by atoms with van der Waals surface area (Å²) in [6.07, 6.45) is 10.5. The van der Waals surface area contributed by atoms with Crippen LogP contribution in [0.15, 0.2) is 4.99 Å². The zero-order chi connectivity index (χ0) is 17.2. The highest BCUT2D eigenvalue weighted by Gasteiger charge is 2.22. The molecule has 3 N–H and O–H groups in total. The lowest BCUT2D eigenvalue weighted by atomic mass is 9.81. The molecule has 0 radical (unpaired) electrons. The average molecular weight is 337 g/mol. The SMILES string of the molecule is CCNC(=NCCCC(=O)NC1CC1)NCCC1CCCC(C)C1. The van der Waals surface area contributed by atoms with Crippen molar-refractivity contribution in [1.82, 2.24) is 16.0 Å². The van der Waals surface area contributed by atoms with Crippen molar-refractivity contribution in [3.05, 3.63) is 0 Å². The zero-order valence-electron chi connectivity index (χ0n) is 15.6. The van der Waals surface area contributed by atoms with Crippen molar-refractivity contribution >= 4 is 11.9 Å². The van der Waals surface area contributed by atoms with Crippen LogP contribution in [0.3, 0.4) is 0 Å². The van der Waals surface area contributed by atoms with Crippen LogP contribution in [0.5, 0.6) is 0 Å². The summed E-state index contributed by atoms with van der Waals surface area (Å²) in [5, 5.41) is 9.77. The van der Waals surface area contributed by atoms with Gasteiger partial charge in [-0.2, -0.15) is 0 Å². The Labute approximate surface area is 147 Å². The van der Waals surface area contributed by atoms with E-state index in [-0.39, 0.29) is 5.91 Å². The number of nitrogens with zero attached hydrogens (tertiary/aromatic N) is 1. The van der Waals surface area contributed by atoms with Crippen LogP contribution in [0.1, 0.15) is 71.6 Å². The number of carbonyl (C=O) groups is 1. The molecule has 24 heavy (non-hydrogen) atoms. The second-order valence-electron chi connectivity index (χ2n) is 7.56. The fourth-order valence-electron chi connectivity index (χ4n) is 3.52. The third kappa shape index (κ3) is 8.02. The van der Waals surface area contributed by atoms with Crippen LogP contribution in [0, 0.1) is 11.8 Å². The largest absolute Gasteiger partial charge is 0.357 e. The minimum absolute atomic E-state index is 0.178. The van der Waals surface area contributed by atoms with E-state index in [1.807, 2.05) is 0 Å². The smallest absolute Gasteiger partial charge is 0.220 e. The molecule has 1 amide bonds. The van der Waals surface area contributed by atoms with E-state index in [0.717, 1.165) is 50.1 Å². The standard InChI is InChI=1S/C19H36N4O/c1-3-20-19(21-12-5-8-18(24)23-17-9-10-17)22-13-11-16-7-4-6-15(2)14-16/h15-17H,3-14H2,1-2H3,(H,23,24)(H2,20,21,22). The van der Waals surface area contributed by atoms with Crippen molar-refractivity contribution in [2.45, 2.75) is 77.7 Å². The number of aliphatic imine (C=N–C) groups is 1. The van der Waals surface area contributed by atoms with Crippen LogP contribution in [-0.2, 0) is 4.79 Å². The molecule has 0 heterocycles. The van der Waals surface area contributed by atoms with Gasteiger partial charge in [0.1, 0.15) is 0 Å². The summed E-state index contributed by atoms with van der Waals surface area (Å²) in [5.74, 6) is 2.84. The normalized spacial score (nSPS) is 24.5. The number of carbonyl (C=O) groups excluding carboxylic acids is 1. The fraction of sp³-hybridized carbons (Fsp3) is 0.895. The van der Waals surface area contributed by atoms with Gasteiger partial charge in [0.05, 0.1) is 0 Å². The molecule has 2 aliphatic rings. The van der Waals surface area contributed by atoms with Gasteiger partial charge in [-0.05, 0) is 50.9 Å². The first-order chi connectivity index (χ1) is 11.7. The Bertz CT molecular complexity index is 406. The molecule has 0 aliphatic heterocycles. The molecule has 0 aromatic rings. The van der Waals surface area contributed by atoms with Gasteiger partial charge in [-0.1, -0.05) is 26.2 Å². The third-order valence-electron chi connectivity index (χ3n) is 5.01. The molecule has 2 saturated carbocycles. The van der Waals surface area contributed by atoms with Crippen molar-refractivity contribution in [2.24, 2.45) is 16.8 Å². The molecule has 0 spiro atoms. The lowest BCUT2D eigenvalue weighted by Gasteiger charge is -2.26. The minimum Gasteiger partial charge on any atom is -0.357 e. The highest BCUT2D eigenvalue weighted by Crippen LogP contribution is 2.30. The number of rotatable bonds is 9. The molecule has 2 rings (SSSR count). The van der Waals surface area contributed by atoms with Crippen LogP contribution < -0.4 is 16.0 Å². The maximum atomic E-state index is 11.6. The molecule has 0 aromatic carbocycles. The fourth-order valence-corrected chi connectivity index (χ4v) is 3.52. The summed E-state index contributed by atoms with van der Waals surface area (Å²) in [6.45, 7) is 7.03. The Morgan fingerprint density at radius 1 is 1.17 bits per heavy atom. The molecule has 2 fully saturated rings. The van der Waals surface area contributed by atoms with Crippen LogP contribution in [0.2, 0.25) is 0 Å². The average Bonchev–Trinajstić information content (AvgIpc) is 3.35. The molecule has 0 aromatic heterocycles. The lowest BCUT2D eigenvalue weighted by Crippen LogP contribution is -2.38. The van der Waals surface area contributed by atoms with Crippen LogP contribution in [0.25, 0.3) is 0 Å². The van der Waals surface area contributed by atoms with Crippen molar-refractivity contribution in [3.8, 4) is 0 Å². The first-order valence-corrected chi connectivity index (χ1v) is 9.99. The van der Waals surface area contributed by atoms with Crippen LogP contribution >= 0.6 is 0 Å². The number of nitrogens with one attached hydrogen (secondary N) is 3. The first kappa shape index (κ1) is 19.1. The van der Waals surface area contributed by atoms with Gasteiger partial charge in [0.25, 0.3) is 0 Å². The van der Waals surface area contributed by atoms with E-state index in [9.17, 15) is 4.79 Å². The Morgan fingerprint density at radius 3 is 2.71 bits per heavy atom. The third-order valence-corrected chi connectivity index (χ3v) is 5.01. The van der Waals surface area contributed by atoms with E-state index in [4.69, 9.17) is 0 Å². The molecular formula is C19H36N4O. The van der Waals surface area contributed by atoms with Crippen molar-refractivity contribution in [1.29, 1.82) is 0 Å². The molecule has 138 valence electrons. The highest BCUT2D eigenvalue weighted by atomic mass is 16.1. The van der Waals surface area contributed by atoms with Crippen LogP contribution in [-0.4, -0.2) is 37.5 Å². The Kier molecular flexibility index (Phi) is 8.40. The summed E-state index contributed by atoms with van der Waals surface area (Å²) in [7, 11) is 0. The summed E-state index contributed by atoms with van der Waals surface area (Å²) in [6, 6.07) is 0.461. The first-order valence-electron chi connectivity index (χ1n) is 9.99. The number of amides is 1. The van der Waals surface area contributed by atoms with E-state index in [2.05, 4.69) is 34.8 Å². The summed E-state index contributed by atoms with van der Waals surface area (Å²) in [4.78, 5) is 16.2. The minimum atomic E-state index is 0.178. The van der Waals surface area contributed by atoms with Gasteiger partial charge >= 0.3 is 0 Å². The molecular weight excluding hydrogens is 300 g/mol. The van der Waals surface area contributed by atoms with Gasteiger partial charge in [-0.3, -0.25) is 9.79 Å². The van der Waals surface area contributed by atoms with E-state index in [1.54, 1.807) is 0 Å². The second-order valence-corrected chi connectivity index (χ2v) is 7.56. The molecule has 5 heteroatoms.